The first kappa shape index (κ1) is 19.9. The lowest BCUT2D eigenvalue weighted by Gasteiger charge is -2.26. The summed E-state index contributed by atoms with van der Waals surface area (Å²) in [6.07, 6.45) is 0.559. The molecule has 2 aromatic rings. The molecule has 0 saturated carbocycles. The van der Waals surface area contributed by atoms with Crippen LogP contribution in [0.15, 0.2) is 47.6 Å². The summed E-state index contributed by atoms with van der Waals surface area (Å²) in [4.78, 5) is 26.8. The van der Waals surface area contributed by atoms with E-state index in [1.54, 1.807) is 37.3 Å². The largest absolute Gasteiger partial charge is 0.496 e. The lowest BCUT2D eigenvalue weighted by atomic mass is 10.1. The number of carbonyl (C=O) groups excluding carboxylic acids is 2. The van der Waals surface area contributed by atoms with Crippen molar-refractivity contribution in [1.82, 2.24) is 4.90 Å². The summed E-state index contributed by atoms with van der Waals surface area (Å²) in [6, 6.07) is 12.8. The molecule has 0 unspecified atom stereocenters. The second kappa shape index (κ2) is 8.44. The molecule has 28 heavy (non-hydrogen) atoms. The van der Waals surface area contributed by atoms with E-state index in [1.165, 1.54) is 5.01 Å². The fraction of sp³-hybridized carbons (Fsp3) is 0.286. The minimum absolute atomic E-state index is 0.124. The molecule has 7 heteroatoms. The van der Waals surface area contributed by atoms with Crippen LogP contribution in [0.1, 0.15) is 24.0 Å². The highest BCUT2D eigenvalue weighted by Crippen LogP contribution is 2.25. The van der Waals surface area contributed by atoms with Gasteiger partial charge in [-0.05, 0) is 42.8 Å². The van der Waals surface area contributed by atoms with Crippen LogP contribution in [0.4, 0.5) is 5.69 Å². The van der Waals surface area contributed by atoms with Gasteiger partial charge in [0.1, 0.15) is 11.5 Å². The van der Waals surface area contributed by atoms with Crippen molar-refractivity contribution in [2.45, 2.75) is 26.3 Å². The molecular formula is C21H22ClN3O3. The first-order valence-electron chi connectivity index (χ1n) is 8.94. The normalized spacial score (nSPS) is 13.9. The third-order valence-corrected chi connectivity index (χ3v) is 4.76. The van der Waals surface area contributed by atoms with Crippen LogP contribution in [0.5, 0.6) is 5.75 Å². The average molecular weight is 400 g/mol. The Hall–Kier alpha value is -2.86. The number of hydrogen-bond donors (Lipinski definition) is 0. The summed E-state index contributed by atoms with van der Waals surface area (Å²) in [7, 11) is 3.27. The minimum atomic E-state index is -0.229. The predicted octanol–water partition coefficient (Wildman–Crippen LogP) is 3.80. The number of nitrogens with zero attached hydrogens (tertiary/aromatic N) is 3. The van der Waals surface area contributed by atoms with E-state index >= 15 is 0 Å². The molecule has 0 fully saturated rings. The van der Waals surface area contributed by atoms with Gasteiger partial charge in [-0.2, -0.15) is 5.10 Å². The highest BCUT2D eigenvalue weighted by molar-refractivity contribution is 6.40. The predicted molar refractivity (Wildman–Crippen MR) is 110 cm³/mol. The van der Waals surface area contributed by atoms with Crippen LogP contribution >= 0.6 is 11.6 Å². The lowest BCUT2D eigenvalue weighted by molar-refractivity contribution is -0.123. The summed E-state index contributed by atoms with van der Waals surface area (Å²) in [5, 5.41) is 6.24. The van der Waals surface area contributed by atoms with Crippen molar-refractivity contribution >= 4 is 34.8 Å². The number of hydrazone groups is 1. The number of rotatable bonds is 5. The Bertz CT molecular complexity index is 942. The van der Waals surface area contributed by atoms with Crippen LogP contribution in [-0.2, 0) is 16.1 Å². The average Bonchev–Trinajstić information content (AvgIpc) is 2.68. The third-order valence-electron chi connectivity index (χ3n) is 4.52. The number of anilines is 1. The maximum absolute atomic E-state index is 12.9. The topological polar surface area (TPSA) is 62.2 Å². The first-order chi connectivity index (χ1) is 13.4. The van der Waals surface area contributed by atoms with Crippen LogP contribution in [0.3, 0.4) is 0 Å². The van der Waals surface area contributed by atoms with Crippen molar-refractivity contribution in [3.8, 4) is 5.75 Å². The fourth-order valence-corrected chi connectivity index (χ4v) is 3.28. The monoisotopic (exact) mass is 399 g/mol. The number of amides is 2. The van der Waals surface area contributed by atoms with Gasteiger partial charge in [-0.3, -0.25) is 9.59 Å². The zero-order valence-corrected chi connectivity index (χ0v) is 16.9. The van der Waals surface area contributed by atoms with Crippen LogP contribution in [-0.4, -0.2) is 36.6 Å². The van der Waals surface area contributed by atoms with E-state index < -0.39 is 0 Å². The summed E-state index contributed by atoms with van der Waals surface area (Å²) in [5.74, 6) is 0.305. The fourth-order valence-electron chi connectivity index (χ4n) is 3.09. The Morgan fingerprint density at radius 2 is 2.04 bits per heavy atom. The Kier molecular flexibility index (Phi) is 5.99. The van der Waals surface area contributed by atoms with E-state index in [2.05, 4.69) is 5.10 Å². The zero-order valence-electron chi connectivity index (χ0n) is 16.1. The Balaban J connectivity index is 1.82. The van der Waals surface area contributed by atoms with Crippen molar-refractivity contribution < 1.29 is 14.3 Å². The van der Waals surface area contributed by atoms with E-state index in [1.807, 2.05) is 31.2 Å². The molecule has 1 heterocycles. The number of carbonyl (C=O) groups is 2. The van der Waals surface area contributed by atoms with Gasteiger partial charge < -0.3 is 9.64 Å². The van der Waals surface area contributed by atoms with Crippen LogP contribution in [0, 0.1) is 6.92 Å². The summed E-state index contributed by atoms with van der Waals surface area (Å²) < 4.78 is 5.35. The van der Waals surface area contributed by atoms with E-state index in [0.717, 1.165) is 11.1 Å². The smallest absolute Gasteiger partial charge is 0.270 e. The van der Waals surface area contributed by atoms with Crippen LogP contribution in [0.2, 0.25) is 5.02 Å². The van der Waals surface area contributed by atoms with Crippen molar-refractivity contribution in [2.75, 3.05) is 19.2 Å². The molecule has 0 N–H and O–H groups in total. The molecule has 0 saturated heterocycles. The Morgan fingerprint density at radius 3 is 2.75 bits per heavy atom. The molecule has 1 aliphatic heterocycles. The van der Waals surface area contributed by atoms with Gasteiger partial charge in [0.25, 0.3) is 5.91 Å². The molecule has 0 aromatic heterocycles. The van der Waals surface area contributed by atoms with Crippen molar-refractivity contribution in [1.29, 1.82) is 0 Å². The van der Waals surface area contributed by atoms with Gasteiger partial charge in [0.15, 0.2) is 0 Å². The molecule has 0 radical (unpaired) electrons. The highest BCUT2D eigenvalue weighted by atomic mass is 35.5. The number of benzene rings is 2. The van der Waals surface area contributed by atoms with E-state index in [4.69, 9.17) is 16.3 Å². The molecule has 3 rings (SSSR count). The first-order valence-corrected chi connectivity index (χ1v) is 9.32. The van der Waals surface area contributed by atoms with Gasteiger partial charge in [0, 0.05) is 37.0 Å². The van der Waals surface area contributed by atoms with Gasteiger partial charge in [-0.15, -0.1) is 0 Å². The molecule has 1 aliphatic rings. The van der Waals surface area contributed by atoms with Gasteiger partial charge in [0.05, 0.1) is 12.8 Å². The molecular weight excluding hydrogens is 378 g/mol. The Labute approximate surface area is 169 Å². The molecule has 0 bridgehead atoms. The molecule has 0 spiro atoms. The van der Waals surface area contributed by atoms with Gasteiger partial charge >= 0.3 is 0 Å². The van der Waals surface area contributed by atoms with Gasteiger partial charge in [-0.1, -0.05) is 23.7 Å². The van der Waals surface area contributed by atoms with Crippen molar-refractivity contribution in [2.24, 2.45) is 5.10 Å². The van der Waals surface area contributed by atoms with Crippen LogP contribution in [0.25, 0.3) is 0 Å². The number of ether oxygens (including phenoxy) is 1. The number of hydrogen-bond acceptors (Lipinski definition) is 4. The summed E-state index contributed by atoms with van der Waals surface area (Å²) >= 11 is 6.07. The number of methoxy groups -OCH3 is 1. The second-order valence-electron chi connectivity index (χ2n) is 6.71. The van der Waals surface area contributed by atoms with Crippen molar-refractivity contribution in [3.05, 3.63) is 58.6 Å². The maximum atomic E-state index is 12.9. The quantitative estimate of drug-likeness (QED) is 0.768. The number of aryl methyl sites for hydroxylation is 1. The standard InChI is InChI=1S/C21H22ClN3O3/c1-14-5-4-6-17(11-14)25-20(26)10-8-18(23-25)21(27)24(2)13-15-12-16(22)7-9-19(15)28-3/h4-7,9,11-12H,8,10,13H2,1-3H3. The SMILES string of the molecule is COc1ccc(Cl)cc1CN(C)C(=O)C1=NN(c2cccc(C)c2)C(=O)CC1. The molecule has 2 amide bonds. The molecule has 146 valence electrons. The number of halogens is 1. The molecule has 6 nitrogen and oxygen atoms in total. The molecule has 0 aliphatic carbocycles. The van der Waals surface area contributed by atoms with E-state index in [0.29, 0.717) is 35.1 Å². The van der Waals surface area contributed by atoms with Gasteiger partial charge in [0.2, 0.25) is 5.91 Å². The lowest BCUT2D eigenvalue weighted by Crippen LogP contribution is -2.39. The van der Waals surface area contributed by atoms with Crippen LogP contribution < -0.4 is 9.75 Å². The summed E-state index contributed by atoms with van der Waals surface area (Å²) in [5.41, 5.74) is 2.83. The van der Waals surface area contributed by atoms with Gasteiger partial charge in [-0.25, -0.2) is 5.01 Å². The second-order valence-corrected chi connectivity index (χ2v) is 7.15. The maximum Gasteiger partial charge on any atom is 0.270 e. The van der Waals surface area contributed by atoms with E-state index in [-0.39, 0.29) is 18.2 Å². The van der Waals surface area contributed by atoms with E-state index in [9.17, 15) is 9.59 Å². The molecule has 0 atom stereocenters. The minimum Gasteiger partial charge on any atom is -0.496 e. The zero-order chi connectivity index (χ0) is 20.3. The molecule has 2 aromatic carbocycles. The highest BCUT2D eigenvalue weighted by Gasteiger charge is 2.27. The third kappa shape index (κ3) is 4.34. The summed E-state index contributed by atoms with van der Waals surface area (Å²) in [6.45, 7) is 2.26. The van der Waals surface area contributed by atoms with Crippen molar-refractivity contribution in [3.63, 3.8) is 0 Å². The Morgan fingerprint density at radius 1 is 1.25 bits per heavy atom.